The third-order valence-corrected chi connectivity index (χ3v) is 5.22. The zero-order chi connectivity index (χ0) is 18.9. The van der Waals surface area contributed by atoms with E-state index in [-0.39, 0.29) is 16.8 Å². The van der Waals surface area contributed by atoms with Crippen LogP contribution in [-0.4, -0.2) is 23.3 Å². The predicted octanol–water partition coefficient (Wildman–Crippen LogP) is 2.88. The Morgan fingerprint density at radius 1 is 1.23 bits per heavy atom. The fourth-order valence-electron chi connectivity index (χ4n) is 3.25. The van der Waals surface area contributed by atoms with Gasteiger partial charge in [-0.05, 0) is 29.4 Å². The molecule has 1 aliphatic carbocycles. The van der Waals surface area contributed by atoms with Gasteiger partial charge >= 0.3 is 0 Å². The van der Waals surface area contributed by atoms with Gasteiger partial charge in [0.05, 0.1) is 6.54 Å². The molecule has 1 fully saturated rings. The van der Waals surface area contributed by atoms with Crippen molar-refractivity contribution in [3.63, 3.8) is 0 Å². The number of amides is 1. The van der Waals surface area contributed by atoms with Crippen LogP contribution in [0.3, 0.4) is 0 Å². The third kappa shape index (κ3) is 3.77. The summed E-state index contributed by atoms with van der Waals surface area (Å²) in [4.78, 5) is 37.5. The second-order valence-corrected chi connectivity index (χ2v) is 7.66. The van der Waals surface area contributed by atoms with Crippen molar-refractivity contribution in [1.29, 1.82) is 0 Å². The van der Waals surface area contributed by atoms with E-state index in [1.165, 1.54) is 17.7 Å². The van der Waals surface area contributed by atoms with E-state index in [1.54, 1.807) is 6.20 Å². The molecular weight excluding hydrogens is 328 g/mol. The monoisotopic (exact) mass is 352 g/mol. The van der Waals surface area contributed by atoms with Crippen molar-refractivity contribution in [2.75, 3.05) is 7.05 Å². The minimum absolute atomic E-state index is 0.00402. The van der Waals surface area contributed by atoms with Crippen molar-refractivity contribution in [2.45, 2.75) is 33.2 Å². The first-order chi connectivity index (χ1) is 12.3. The van der Waals surface area contributed by atoms with Crippen LogP contribution in [0.25, 0.3) is 0 Å². The summed E-state index contributed by atoms with van der Waals surface area (Å²) in [7, 11) is 1.48. The van der Waals surface area contributed by atoms with Gasteiger partial charge < -0.3 is 9.88 Å². The van der Waals surface area contributed by atoms with Crippen LogP contribution in [-0.2, 0) is 6.54 Å². The first-order valence-electron chi connectivity index (χ1n) is 8.85. The lowest BCUT2D eigenvalue weighted by Crippen LogP contribution is -2.32. The molecule has 5 heteroatoms. The zero-order valence-corrected chi connectivity index (χ0v) is 15.4. The quantitative estimate of drug-likeness (QED) is 0.813. The van der Waals surface area contributed by atoms with Crippen LogP contribution in [0, 0.1) is 11.3 Å². The molecule has 5 nitrogen and oxygen atoms in total. The molecule has 1 aromatic heterocycles. The molecule has 0 aliphatic heterocycles. The number of carbonyl (C=O) groups excluding carboxylic acids is 2. The number of rotatable bonds is 6. The number of ketones is 1. The number of benzene rings is 1. The molecule has 1 N–H and O–H groups in total. The number of aromatic nitrogens is 1. The van der Waals surface area contributed by atoms with E-state index >= 15 is 0 Å². The van der Waals surface area contributed by atoms with Gasteiger partial charge in [-0.25, -0.2) is 0 Å². The highest BCUT2D eigenvalue weighted by atomic mass is 16.2. The Morgan fingerprint density at radius 2 is 1.88 bits per heavy atom. The van der Waals surface area contributed by atoms with Gasteiger partial charge in [-0.2, -0.15) is 0 Å². The normalized spacial score (nSPS) is 17.6. The van der Waals surface area contributed by atoms with Crippen LogP contribution >= 0.6 is 0 Å². The maximum absolute atomic E-state index is 12.7. The second-order valence-electron chi connectivity index (χ2n) is 7.66. The summed E-state index contributed by atoms with van der Waals surface area (Å²) < 4.78 is 1.45. The van der Waals surface area contributed by atoms with Gasteiger partial charge in [0.1, 0.15) is 5.56 Å². The molecule has 1 amide bonds. The van der Waals surface area contributed by atoms with Gasteiger partial charge in [0.15, 0.2) is 5.78 Å². The number of pyridine rings is 1. The molecule has 1 saturated carbocycles. The van der Waals surface area contributed by atoms with Crippen molar-refractivity contribution in [2.24, 2.45) is 11.3 Å². The summed E-state index contributed by atoms with van der Waals surface area (Å²) >= 11 is 0. The number of hydrogen-bond donors (Lipinski definition) is 1. The summed E-state index contributed by atoms with van der Waals surface area (Å²) in [5.41, 5.74) is 1.17. The van der Waals surface area contributed by atoms with Crippen LogP contribution in [0.1, 0.15) is 53.0 Å². The summed E-state index contributed by atoms with van der Waals surface area (Å²) in [5.74, 6) is -0.126. The van der Waals surface area contributed by atoms with Crippen molar-refractivity contribution in [3.8, 4) is 0 Å². The number of hydrogen-bond acceptors (Lipinski definition) is 3. The van der Waals surface area contributed by atoms with E-state index in [1.807, 2.05) is 30.3 Å². The van der Waals surface area contributed by atoms with E-state index in [9.17, 15) is 14.4 Å². The van der Waals surface area contributed by atoms with Crippen molar-refractivity contribution >= 4 is 11.7 Å². The van der Waals surface area contributed by atoms with Crippen LogP contribution in [0.15, 0.2) is 47.4 Å². The summed E-state index contributed by atoms with van der Waals surface area (Å²) in [6.45, 7) is 4.62. The molecule has 26 heavy (non-hydrogen) atoms. The largest absolute Gasteiger partial charge is 0.355 e. The highest BCUT2D eigenvalue weighted by molar-refractivity contribution is 6.00. The zero-order valence-electron chi connectivity index (χ0n) is 15.4. The van der Waals surface area contributed by atoms with Gasteiger partial charge in [-0.1, -0.05) is 44.2 Å². The standard InChI is InChI=1S/C21H24N2O3/c1-21(2)11-16(21)10-18(24)15-9-17(19(25)22-3)20(26)23(13-15)12-14-7-5-4-6-8-14/h4-9,13,16H,10-12H2,1-3H3,(H,22,25)/t16-/m0/s1. The van der Waals surface area contributed by atoms with E-state index < -0.39 is 11.5 Å². The molecular formula is C21H24N2O3. The Labute approximate surface area is 153 Å². The first kappa shape index (κ1) is 18.1. The summed E-state index contributed by atoms with van der Waals surface area (Å²) in [6, 6.07) is 10.9. The lowest BCUT2D eigenvalue weighted by atomic mass is 10.0. The van der Waals surface area contributed by atoms with E-state index in [0.717, 1.165) is 12.0 Å². The lowest BCUT2D eigenvalue weighted by Gasteiger charge is -2.11. The van der Waals surface area contributed by atoms with Crippen LogP contribution in [0.2, 0.25) is 0 Å². The minimum atomic E-state index is -0.474. The Morgan fingerprint density at radius 3 is 2.46 bits per heavy atom. The van der Waals surface area contributed by atoms with Crippen molar-refractivity contribution < 1.29 is 9.59 Å². The molecule has 1 heterocycles. The molecule has 3 rings (SSSR count). The lowest BCUT2D eigenvalue weighted by molar-refractivity contribution is 0.0961. The molecule has 0 saturated heterocycles. The molecule has 0 spiro atoms. The van der Waals surface area contributed by atoms with Crippen molar-refractivity contribution in [3.05, 3.63) is 69.6 Å². The predicted molar refractivity (Wildman–Crippen MR) is 100 cm³/mol. The SMILES string of the molecule is CNC(=O)c1cc(C(=O)C[C@H]2CC2(C)C)cn(Cc2ccccc2)c1=O. The Bertz CT molecular complexity index is 897. The molecule has 0 radical (unpaired) electrons. The molecule has 0 unspecified atom stereocenters. The molecule has 1 aromatic carbocycles. The Hall–Kier alpha value is -2.69. The minimum Gasteiger partial charge on any atom is -0.355 e. The van der Waals surface area contributed by atoms with Gasteiger partial charge in [-0.15, -0.1) is 0 Å². The average Bonchev–Trinajstić information content (AvgIpc) is 3.22. The molecule has 1 atom stereocenters. The van der Waals surface area contributed by atoms with Gasteiger partial charge in [0.25, 0.3) is 11.5 Å². The summed E-state index contributed by atoms with van der Waals surface area (Å²) in [5, 5.41) is 2.48. The van der Waals surface area contributed by atoms with Gasteiger partial charge in [-0.3, -0.25) is 14.4 Å². The van der Waals surface area contributed by atoms with Crippen LogP contribution in [0.4, 0.5) is 0 Å². The van der Waals surface area contributed by atoms with Crippen LogP contribution in [0.5, 0.6) is 0 Å². The molecule has 2 aromatic rings. The topological polar surface area (TPSA) is 68.2 Å². The first-order valence-corrected chi connectivity index (χ1v) is 8.85. The average molecular weight is 352 g/mol. The van der Waals surface area contributed by atoms with Crippen molar-refractivity contribution in [1.82, 2.24) is 9.88 Å². The Kier molecular flexibility index (Phi) is 4.81. The van der Waals surface area contributed by atoms with Crippen LogP contribution < -0.4 is 10.9 Å². The summed E-state index contributed by atoms with van der Waals surface area (Å²) in [6.07, 6.45) is 3.06. The Balaban J connectivity index is 1.96. The van der Waals surface area contributed by atoms with E-state index in [0.29, 0.717) is 24.4 Å². The fraction of sp³-hybridized carbons (Fsp3) is 0.381. The fourth-order valence-corrected chi connectivity index (χ4v) is 3.25. The molecule has 1 aliphatic rings. The maximum Gasteiger partial charge on any atom is 0.263 e. The molecule has 0 bridgehead atoms. The van der Waals surface area contributed by atoms with Gasteiger partial charge in [0, 0.05) is 25.2 Å². The van der Waals surface area contributed by atoms with Gasteiger partial charge in [0.2, 0.25) is 0 Å². The molecule has 136 valence electrons. The highest BCUT2D eigenvalue weighted by Crippen LogP contribution is 2.53. The highest BCUT2D eigenvalue weighted by Gasteiger charge is 2.46. The van der Waals surface area contributed by atoms with E-state index in [2.05, 4.69) is 19.2 Å². The number of nitrogens with one attached hydrogen (secondary N) is 1. The second kappa shape index (κ2) is 6.90. The number of carbonyl (C=O) groups is 2. The van der Waals surface area contributed by atoms with E-state index in [4.69, 9.17) is 0 Å². The third-order valence-electron chi connectivity index (χ3n) is 5.22. The number of Topliss-reactive ketones (excluding diaryl/α,β-unsaturated/α-hetero) is 1. The number of nitrogens with zero attached hydrogens (tertiary/aromatic N) is 1. The maximum atomic E-state index is 12.7. The smallest absolute Gasteiger partial charge is 0.263 e.